The molecule has 4 rings (SSSR count). The summed E-state index contributed by atoms with van der Waals surface area (Å²) < 4.78 is 9.10. The first kappa shape index (κ1) is 22.1. The highest BCUT2D eigenvalue weighted by Gasteiger charge is 2.17. The van der Waals surface area contributed by atoms with Crippen molar-refractivity contribution < 1.29 is 9.53 Å². The van der Waals surface area contributed by atoms with Gasteiger partial charge in [-0.2, -0.15) is 0 Å². The molecule has 6 heteroatoms. The van der Waals surface area contributed by atoms with Crippen LogP contribution in [-0.4, -0.2) is 66.0 Å². The molecule has 0 aliphatic carbocycles. The number of carbonyl (C=O) groups is 1. The van der Waals surface area contributed by atoms with Crippen LogP contribution < -0.4 is 4.74 Å². The zero-order valence-electron chi connectivity index (χ0n) is 18.1. The van der Waals surface area contributed by atoms with Gasteiger partial charge < -0.3 is 14.2 Å². The molecule has 1 aliphatic rings. The zero-order chi connectivity index (χ0) is 21.6. The maximum atomic E-state index is 12.0. The van der Waals surface area contributed by atoms with Gasteiger partial charge in [-0.25, -0.2) is 0 Å². The summed E-state index contributed by atoms with van der Waals surface area (Å²) in [5.41, 5.74) is 1.93. The molecule has 1 fully saturated rings. The number of ether oxygens (including phenoxy) is 1. The predicted octanol–water partition coefficient (Wildman–Crippen LogP) is 4.69. The Morgan fingerprint density at radius 3 is 2.35 bits per heavy atom. The van der Waals surface area contributed by atoms with Crippen molar-refractivity contribution in [3.05, 3.63) is 64.8 Å². The van der Waals surface area contributed by atoms with Gasteiger partial charge in [0.2, 0.25) is 0 Å². The van der Waals surface area contributed by atoms with Crippen LogP contribution in [-0.2, 0) is 6.54 Å². The molecular formula is C25H30BrN3O2. The van der Waals surface area contributed by atoms with E-state index in [0.29, 0.717) is 0 Å². The number of aromatic nitrogens is 1. The highest BCUT2D eigenvalue weighted by atomic mass is 79.9. The lowest BCUT2D eigenvalue weighted by Crippen LogP contribution is -2.47. The topological polar surface area (TPSA) is 37.7 Å². The Morgan fingerprint density at radius 2 is 1.65 bits per heavy atom. The van der Waals surface area contributed by atoms with Crippen molar-refractivity contribution in [1.29, 1.82) is 0 Å². The second kappa shape index (κ2) is 10.4. The fourth-order valence-electron chi connectivity index (χ4n) is 4.28. The number of piperazine rings is 1. The number of aryl methyl sites for hydroxylation is 1. The van der Waals surface area contributed by atoms with Crippen molar-refractivity contribution in [1.82, 2.24) is 14.4 Å². The molecule has 0 amide bonds. The van der Waals surface area contributed by atoms with Crippen molar-refractivity contribution in [2.75, 3.05) is 45.9 Å². The van der Waals surface area contributed by atoms with Crippen molar-refractivity contribution >= 4 is 32.6 Å². The molecule has 2 heterocycles. The van der Waals surface area contributed by atoms with Gasteiger partial charge in [0.05, 0.1) is 5.52 Å². The summed E-state index contributed by atoms with van der Waals surface area (Å²) in [6.45, 7) is 9.71. The summed E-state index contributed by atoms with van der Waals surface area (Å²) >= 11 is 3.66. The van der Waals surface area contributed by atoms with Crippen LogP contribution in [0.5, 0.6) is 5.75 Å². The van der Waals surface area contributed by atoms with Gasteiger partial charge in [0, 0.05) is 60.9 Å². The first-order chi connectivity index (χ1) is 15.1. The van der Waals surface area contributed by atoms with E-state index in [9.17, 15) is 4.79 Å². The Balaban J connectivity index is 1.22. The Morgan fingerprint density at radius 1 is 0.935 bits per heavy atom. The minimum absolute atomic E-state index is 0.120. The average molecular weight is 484 g/mol. The molecule has 0 saturated carbocycles. The van der Waals surface area contributed by atoms with Gasteiger partial charge in [0.1, 0.15) is 12.4 Å². The molecule has 3 aromatic rings. The van der Waals surface area contributed by atoms with E-state index in [1.807, 2.05) is 54.7 Å². The van der Waals surface area contributed by atoms with Gasteiger partial charge in [-0.05, 0) is 54.0 Å². The number of carbonyl (C=O) groups excluding carboxylic acids is 1. The normalized spacial score (nSPS) is 15.4. The molecule has 0 bridgehead atoms. The summed E-state index contributed by atoms with van der Waals surface area (Å²) in [7, 11) is 0. The molecule has 2 aromatic carbocycles. The fourth-order valence-corrected chi connectivity index (χ4v) is 4.88. The summed E-state index contributed by atoms with van der Waals surface area (Å²) in [6.07, 6.45) is 3.09. The fraction of sp³-hybridized carbons (Fsp3) is 0.400. The second-order valence-corrected chi connectivity index (χ2v) is 8.98. The molecule has 0 unspecified atom stereocenters. The minimum Gasteiger partial charge on any atom is -0.492 e. The van der Waals surface area contributed by atoms with E-state index in [4.69, 9.17) is 4.74 Å². The number of hydrogen-bond donors (Lipinski definition) is 0. The Hall–Kier alpha value is -2.15. The van der Waals surface area contributed by atoms with E-state index in [-0.39, 0.29) is 5.78 Å². The van der Waals surface area contributed by atoms with Gasteiger partial charge in [0.15, 0.2) is 5.78 Å². The lowest BCUT2D eigenvalue weighted by atomic mass is 10.1. The van der Waals surface area contributed by atoms with Crippen LogP contribution in [0.1, 0.15) is 23.7 Å². The highest BCUT2D eigenvalue weighted by Crippen LogP contribution is 2.29. The van der Waals surface area contributed by atoms with Crippen LogP contribution in [0.15, 0.2) is 59.2 Å². The molecule has 1 saturated heterocycles. The number of nitrogens with zero attached hydrogens (tertiary/aromatic N) is 3. The summed E-state index contributed by atoms with van der Waals surface area (Å²) in [6, 6.07) is 16.1. The predicted molar refractivity (Wildman–Crippen MR) is 129 cm³/mol. The molecule has 31 heavy (non-hydrogen) atoms. The minimum atomic E-state index is 0.120. The van der Waals surface area contributed by atoms with Crippen LogP contribution >= 0.6 is 15.9 Å². The summed E-state index contributed by atoms with van der Waals surface area (Å²) in [4.78, 5) is 17.1. The first-order valence-corrected chi connectivity index (χ1v) is 11.8. The van der Waals surface area contributed by atoms with Crippen molar-refractivity contribution in [2.24, 2.45) is 0 Å². The van der Waals surface area contributed by atoms with Gasteiger partial charge in [-0.3, -0.25) is 9.69 Å². The van der Waals surface area contributed by atoms with Crippen molar-refractivity contribution in [3.63, 3.8) is 0 Å². The standard InChI is InChI=1S/C25H30BrN3O2/c1-20(30)23-19-29(25-22(23)9-5-10-24(25)26)12-6-11-27-13-15-28(16-14-27)17-18-31-21-7-3-2-4-8-21/h2-5,7-10,19H,6,11-18H2,1H3. The van der Waals surface area contributed by atoms with Crippen molar-refractivity contribution in [2.45, 2.75) is 19.9 Å². The lowest BCUT2D eigenvalue weighted by Gasteiger charge is -2.34. The number of benzene rings is 2. The molecule has 0 atom stereocenters. The van der Waals surface area contributed by atoms with Crippen LogP contribution in [0.4, 0.5) is 0 Å². The number of fused-ring (bicyclic) bond motifs is 1. The Kier molecular flexibility index (Phi) is 7.43. The Labute approximate surface area is 192 Å². The maximum absolute atomic E-state index is 12.0. The van der Waals surface area contributed by atoms with Gasteiger partial charge in [-0.15, -0.1) is 0 Å². The number of Topliss-reactive ketones (excluding diaryl/α,β-unsaturated/α-hetero) is 1. The number of hydrogen-bond acceptors (Lipinski definition) is 4. The SMILES string of the molecule is CC(=O)c1cn(CCCN2CCN(CCOc3ccccc3)CC2)c2c(Br)cccc12. The molecule has 1 aliphatic heterocycles. The molecule has 1 aromatic heterocycles. The summed E-state index contributed by atoms with van der Waals surface area (Å²) in [5, 5.41) is 1.04. The van der Waals surface area contributed by atoms with E-state index in [2.05, 4.69) is 30.3 Å². The number of halogens is 1. The monoisotopic (exact) mass is 483 g/mol. The maximum Gasteiger partial charge on any atom is 0.161 e. The highest BCUT2D eigenvalue weighted by molar-refractivity contribution is 9.10. The number of para-hydroxylation sites is 2. The van der Waals surface area contributed by atoms with E-state index in [1.54, 1.807) is 6.92 Å². The van der Waals surface area contributed by atoms with Gasteiger partial charge in [-0.1, -0.05) is 30.3 Å². The smallest absolute Gasteiger partial charge is 0.161 e. The third-order valence-corrected chi connectivity index (χ3v) is 6.63. The number of rotatable bonds is 9. The third-order valence-electron chi connectivity index (χ3n) is 5.99. The van der Waals surface area contributed by atoms with E-state index in [1.165, 1.54) is 0 Å². The lowest BCUT2D eigenvalue weighted by molar-refractivity contribution is 0.101. The van der Waals surface area contributed by atoms with Gasteiger partial charge in [0.25, 0.3) is 0 Å². The molecule has 164 valence electrons. The second-order valence-electron chi connectivity index (χ2n) is 8.13. The van der Waals surface area contributed by atoms with E-state index >= 15 is 0 Å². The van der Waals surface area contributed by atoms with Crippen LogP contribution in [0.2, 0.25) is 0 Å². The van der Waals surface area contributed by atoms with E-state index in [0.717, 1.165) is 85.5 Å². The van der Waals surface area contributed by atoms with Gasteiger partial charge >= 0.3 is 0 Å². The molecule has 0 spiro atoms. The third kappa shape index (κ3) is 5.56. The zero-order valence-corrected chi connectivity index (χ0v) is 19.7. The molecule has 0 N–H and O–H groups in total. The quantitative estimate of drug-likeness (QED) is 0.413. The van der Waals surface area contributed by atoms with Crippen molar-refractivity contribution in [3.8, 4) is 5.75 Å². The summed E-state index contributed by atoms with van der Waals surface area (Å²) in [5.74, 6) is 1.06. The molecule has 5 nitrogen and oxygen atoms in total. The largest absolute Gasteiger partial charge is 0.492 e. The first-order valence-electron chi connectivity index (χ1n) is 11.0. The number of ketones is 1. The molecule has 0 radical (unpaired) electrons. The van der Waals surface area contributed by atoms with Crippen LogP contribution in [0, 0.1) is 0 Å². The Bertz CT molecular complexity index is 1010. The molecular weight excluding hydrogens is 454 g/mol. The van der Waals surface area contributed by atoms with Crippen LogP contribution in [0.3, 0.4) is 0 Å². The van der Waals surface area contributed by atoms with Crippen LogP contribution in [0.25, 0.3) is 10.9 Å². The van der Waals surface area contributed by atoms with E-state index < -0.39 is 0 Å². The average Bonchev–Trinajstić information content (AvgIpc) is 3.16.